The van der Waals surface area contributed by atoms with Crippen LogP contribution in [0.2, 0.25) is 0 Å². The molecule has 0 atom stereocenters. The molecule has 2 heterocycles. The van der Waals surface area contributed by atoms with Gasteiger partial charge in [-0.3, -0.25) is 0 Å². The van der Waals surface area contributed by atoms with E-state index in [1.54, 1.807) is 36.4 Å². The summed E-state index contributed by atoms with van der Waals surface area (Å²) in [7, 11) is 0. The van der Waals surface area contributed by atoms with Crippen molar-refractivity contribution in [1.29, 1.82) is 0 Å². The molecule has 9 heteroatoms. The van der Waals surface area contributed by atoms with Crippen LogP contribution in [0.15, 0.2) is 115 Å². The number of halogens is 2. The highest BCUT2D eigenvalue weighted by Gasteiger charge is 2.11. The molecule has 208 valence electrons. The van der Waals surface area contributed by atoms with E-state index in [0.29, 0.717) is 51.6 Å². The van der Waals surface area contributed by atoms with Crippen molar-refractivity contribution >= 4 is 39.3 Å². The molecule has 0 saturated heterocycles. The molecule has 0 spiro atoms. The van der Waals surface area contributed by atoms with Gasteiger partial charge < -0.3 is 19.5 Å². The average molecular weight is 581 g/mol. The van der Waals surface area contributed by atoms with Gasteiger partial charge in [-0.2, -0.15) is 0 Å². The highest BCUT2D eigenvalue weighted by molar-refractivity contribution is 7.80. The molecular weight excluding hydrogens is 558 g/mol. The van der Waals surface area contributed by atoms with Gasteiger partial charge in [-0.25, -0.2) is 18.4 Å². The lowest BCUT2D eigenvalue weighted by molar-refractivity contribution is 0.560. The number of hydrogen-bond acceptors (Lipinski definition) is 5. The molecule has 0 unspecified atom stereocenters. The summed E-state index contributed by atoms with van der Waals surface area (Å²) in [6, 6.07) is 25.7. The zero-order chi connectivity index (χ0) is 29.2. The van der Waals surface area contributed by atoms with Gasteiger partial charge >= 0.3 is 11.3 Å². The number of fused-ring (bicyclic) bond motifs is 2. The molecule has 0 fully saturated rings. The molecular formula is C33H22F2N2O4S. The zero-order valence-corrected chi connectivity index (χ0v) is 22.8. The third-order valence-electron chi connectivity index (χ3n) is 6.83. The number of thiocarbonyl (C=S) groups is 1. The molecule has 4 aromatic carbocycles. The van der Waals surface area contributed by atoms with E-state index in [4.69, 9.17) is 21.1 Å². The lowest BCUT2D eigenvalue weighted by Gasteiger charge is -2.12. The Morgan fingerprint density at radius 1 is 0.595 bits per heavy atom. The van der Waals surface area contributed by atoms with Crippen LogP contribution in [0.5, 0.6) is 0 Å². The molecule has 2 N–H and O–H groups in total. The number of hydrogen-bond donors (Lipinski definition) is 2. The fraction of sp³-hybridized carbons (Fsp3) is 0.0606. The Morgan fingerprint density at radius 3 is 1.40 bits per heavy atom. The second-order valence-corrected chi connectivity index (χ2v) is 10.1. The number of nitrogens with one attached hydrogen (secondary N) is 2. The van der Waals surface area contributed by atoms with Crippen LogP contribution in [0, 0.1) is 11.6 Å². The molecule has 42 heavy (non-hydrogen) atoms. The van der Waals surface area contributed by atoms with E-state index < -0.39 is 11.3 Å². The van der Waals surface area contributed by atoms with Crippen LogP contribution in [0.25, 0.3) is 44.2 Å². The molecule has 0 aliphatic carbocycles. The molecule has 2 aromatic heterocycles. The molecule has 0 aliphatic rings. The lowest BCUT2D eigenvalue weighted by atomic mass is 10.0. The first-order valence-electron chi connectivity index (χ1n) is 13.0. The maximum Gasteiger partial charge on any atom is 0.336 e. The maximum absolute atomic E-state index is 13.4. The van der Waals surface area contributed by atoms with Crippen LogP contribution in [0.1, 0.15) is 11.1 Å². The van der Waals surface area contributed by atoms with Crippen molar-refractivity contribution in [3.05, 3.63) is 141 Å². The van der Waals surface area contributed by atoms with Gasteiger partial charge in [0.05, 0.1) is 0 Å². The Bertz CT molecular complexity index is 1920. The van der Waals surface area contributed by atoms with Crippen LogP contribution in [0.4, 0.5) is 8.78 Å². The van der Waals surface area contributed by atoms with E-state index in [1.807, 2.05) is 24.3 Å². The minimum atomic E-state index is -0.500. The molecule has 6 nitrogen and oxygen atoms in total. The van der Waals surface area contributed by atoms with Crippen molar-refractivity contribution in [2.75, 3.05) is 0 Å². The first-order valence-corrected chi connectivity index (χ1v) is 13.4. The predicted octanol–water partition coefficient (Wildman–Crippen LogP) is 6.68. The summed E-state index contributed by atoms with van der Waals surface area (Å²) in [6.45, 7) is 0.750. The van der Waals surface area contributed by atoms with E-state index in [9.17, 15) is 18.4 Å². The highest BCUT2D eigenvalue weighted by atomic mass is 32.1. The van der Waals surface area contributed by atoms with E-state index in [0.717, 1.165) is 21.9 Å². The topological polar surface area (TPSA) is 84.5 Å². The second kappa shape index (κ2) is 11.4. The Labute approximate surface area is 243 Å². The first-order chi connectivity index (χ1) is 20.3. The molecule has 0 radical (unpaired) electrons. The zero-order valence-electron chi connectivity index (χ0n) is 21.9. The predicted molar refractivity (Wildman–Crippen MR) is 162 cm³/mol. The molecule has 0 saturated carbocycles. The third kappa shape index (κ3) is 5.82. The SMILES string of the molecule is O=c1cc(-c2ccc(F)cc2)c2ccc(CNC(=S)NCc3ccc4c(-c5ccc(F)cc5)cc(=O)oc4c3)cc2o1. The van der Waals surface area contributed by atoms with E-state index in [-0.39, 0.29) is 11.6 Å². The van der Waals surface area contributed by atoms with E-state index >= 15 is 0 Å². The summed E-state index contributed by atoms with van der Waals surface area (Å²) in [5.74, 6) is -0.709. The quantitative estimate of drug-likeness (QED) is 0.168. The van der Waals surface area contributed by atoms with Gasteiger partial charge in [0.15, 0.2) is 5.11 Å². The van der Waals surface area contributed by atoms with Crippen LogP contribution in [-0.2, 0) is 13.1 Å². The fourth-order valence-corrected chi connectivity index (χ4v) is 4.94. The van der Waals surface area contributed by atoms with Crippen LogP contribution in [-0.4, -0.2) is 5.11 Å². The highest BCUT2D eigenvalue weighted by Crippen LogP contribution is 2.29. The largest absolute Gasteiger partial charge is 0.423 e. The molecule has 6 aromatic rings. The van der Waals surface area contributed by atoms with Gasteiger partial charge in [-0.15, -0.1) is 0 Å². The summed E-state index contributed by atoms with van der Waals surface area (Å²) in [5, 5.41) is 8.14. The lowest BCUT2D eigenvalue weighted by Crippen LogP contribution is -2.34. The van der Waals surface area contributed by atoms with Crippen LogP contribution < -0.4 is 21.9 Å². The maximum atomic E-state index is 13.4. The smallest absolute Gasteiger partial charge is 0.336 e. The van der Waals surface area contributed by atoms with E-state index in [1.165, 1.54) is 36.4 Å². The van der Waals surface area contributed by atoms with Crippen LogP contribution in [0.3, 0.4) is 0 Å². The van der Waals surface area contributed by atoms with E-state index in [2.05, 4.69) is 10.6 Å². The summed E-state index contributed by atoms with van der Waals surface area (Å²) in [4.78, 5) is 24.4. The Morgan fingerprint density at radius 2 is 1.00 bits per heavy atom. The minimum Gasteiger partial charge on any atom is -0.423 e. The average Bonchev–Trinajstić information content (AvgIpc) is 2.98. The van der Waals surface area contributed by atoms with Crippen molar-refractivity contribution < 1.29 is 17.6 Å². The third-order valence-corrected chi connectivity index (χ3v) is 7.12. The van der Waals surface area contributed by atoms with Crippen molar-refractivity contribution in [3.8, 4) is 22.3 Å². The van der Waals surface area contributed by atoms with Gasteiger partial charge in [0, 0.05) is 36.0 Å². The Kier molecular flexibility index (Phi) is 7.33. The van der Waals surface area contributed by atoms with Crippen molar-refractivity contribution in [2.45, 2.75) is 13.1 Å². The minimum absolute atomic E-state index is 0.354. The standard InChI is InChI=1S/C33H22F2N2O4S/c34-23-7-3-21(4-8-23)27-15-31(38)40-29-13-19(1-11-25(27)29)17-36-33(42)37-18-20-2-12-26-28(16-32(39)41-30(26)14-20)22-5-9-24(35)10-6-22/h1-16H,17-18H2,(H2,36,37,42). The normalized spacial score (nSPS) is 11.1. The Balaban J connectivity index is 1.13. The van der Waals surface area contributed by atoms with Gasteiger partial charge in [-0.1, -0.05) is 48.5 Å². The van der Waals surface area contributed by atoms with Gasteiger partial charge in [-0.05, 0) is 82.0 Å². The summed E-state index contributed by atoms with van der Waals surface area (Å²) in [5.41, 5.74) is 4.26. The van der Waals surface area contributed by atoms with Crippen molar-refractivity contribution in [2.24, 2.45) is 0 Å². The summed E-state index contributed by atoms with van der Waals surface area (Å²) in [6.07, 6.45) is 0. The second-order valence-electron chi connectivity index (χ2n) is 9.67. The van der Waals surface area contributed by atoms with Crippen LogP contribution >= 0.6 is 12.2 Å². The molecule has 6 rings (SSSR count). The number of benzene rings is 4. The first kappa shape index (κ1) is 27.0. The van der Waals surface area contributed by atoms with Crippen molar-refractivity contribution in [1.82, 2.24) is 10.6 Å². The summed E-state index contributed by atoms with van der Waals surface area (Å²) >= 11 is 5.45. The molecule has 0 aliphatic heterocycles. The number of rotatable bonds is 6. The van der Waals surface area contributed by atoms with Gasteiger partial charge in [0.25, 0.3) is 0 Å². The van der Waals surface area contributed by atoms with Crippen molar-refractivity contribution in [3.63, 3.8) is 0 Å². The Hall–Kier alpha value is -5.15. The molecule has 0 bridgehead atoms. The fourth-order valence-electron chi connectivity index (χ4n) is 4.80. The monoisotopic (exact) mass is 580 g/mol. The summed E-state index contributed by atoms with van der Waals surface area (Å²) < 4.78 is 37.6. The van der Waals surface area contributed by atoms with Gasteiger partial charge in [0.1, 0.15) is 22.8 Å². The van der Waals surface area contributed by atoms with Gasteiger partial charge in [0.2, 0.25) is 0 Å². The molecule has 0 amide bonds.